The third-order valence-electron chi connectivity index (χ3n) is 5.26. The second-order valence-electron chi connectivity index (χ2n) is 7.32. The van der Waals surface area contributed by atoms with Crippen LogP contribution < -0.4 is 9.80 Å². The highest BCUT2D eigenvalue weighted by atomic mass is 16.5. The van der Waals surface area contributed by atoms with Gasteiger partial charge in [0.2, 0.25) is 11.9 Å². The number of aromatic nitrogens is 2. The van der Waals surface area contributed by atoms with Crippen LogP contribution in [0.5, 0.6) is 0 Å². The monoisotopic (exact) mass is 393 g/mol. The van der Waals surface area contributed by atoms with Gasteiger partial charge in [0.15, 0.2) is 0 Å². The average molecular weight is 393 g/mol. The van der Waals surface area contributed by atoms with Gasteiger partial charge in [0.1, 0.15) is 5.82 Å². The van der Waals surface area contributed by atoms with E-state index in [1.54, 1.807) is 6.08 Å². The van der Waals surface area contributed by atoms with Crippen LogP contribution in [0.2, 0.25) is 0 Å². The molecule has 2 aliphatic heterocycles. The van der Waals surface area contributed by atoms with Crippen molar-refractivity contribution in [1.29, 1.82) is 0 Å². The van der Waals surface area contributed by atoms with Gasteiger partial charge in [-0.1, -0.05) is 30.3 Å². The molecule has 2 saturated heterocycles. The smallest absolute Gasteiger partial charge is 0.246 e. The van der Waals surface area contributed by atoms with Crippen LogP contribution in [0, 0.1) is 6.92 Å². The Hall–Kier alpha value is -2.93. The molecule has 0 atom stereocenters. The van der Waals surface area contributed by atoms with Gasteiger partial charge in [-0.25, -0.2) is 4.98 Å². The van der Waals surface area contributed by atoms with Gasteiger partial charge in [-0.2, -0.15) is 4.98 Å². The first-order valence-electron chi connectivity index (χ1n) is 10.1. The zero-order valence-corrected chi connectivity index (χ0v) is 16.8. The Bertz CT molecular complexity index is 857. The normalized spacial score (nSPS) is 17.8. The number of morpholine rings is 1. The van der Waals surface area contributed by atoms with Crippen molar-refractivity contribution < 1.29 is 9.53 Å². The number of anilines is 2. The predicted molar refractivity (Wildman–Crippen MR) is 114 cm³/mol. The molecule has 0 N–H and O–H groups in total. The zero-order chi connectivity index (χ0) is 20.1. The fourth-order valence-electron chi connectivity index (χ4n) is 3.60. The number of aryl methyl sites for hydroxylation is 1. The van der Waals surface area contributed by atoms with Gasteiger partial charge in [-0.3, -0.25) is 4.79 Å². The van der Waals surface area contributed by atoms with Crippen LogP contribution in [-0.4, -0.2) is 73.3 Å². The molecule has 0 saturated carbocycles. The number of benzene rings is 1. The molecular weight excluding hydrogens is 366 g/mol. The van der Waals surface area contributed by atoms with Gasteiger partial charge >= 0.3 is 0 Å². The molecule has 0 radical (unpaired) electrons. The first-order valence-corrected chi connectivity index (χ1v) is 10.1. The van der Waals surface area contributed by atoms with Crippen molar-refractivity contribution >= 4 is 23.7 Å². The van der Waals surface area contributed by atoms with E-state index in [1.807, 2.05) is 54.3 Å². The Labute approximate surface area is 171 Å². The molecule has 4 rings (SSSR count). The summed E-state index contributed by atoms with van der Waals surface area (Å²) < 4.78 is 5.44. The topological polar surface area (TPSA) is 61.8 Å². The first kappa shape index (κ1) is 19.4. The highest BCUT2D eigenvalue weighted by molar-refractivity contribution is 5.91. The third-order valence-corrected chi connectivity index (χ3v) is 5.26. The largest absolute Gasteiger partial charge is 0.378 e. The van der Waals surface area contributed by atoms with Crippen molar-refractivity contribution in [3.63, 3.8) is 0 Å². The molecule has 152 valence electrons. The standard InChI is InChI=1S/C22H27N5O2/c1-18-17-20(25-13-15-29-16-14-25)24-22(23-18)27-11-9-26(10-12-27)21(28)8-7-19-5-3-2-4-6-19/h2-8,17H,9-16H2,1H3. The van der Waals surface area contributed by atoms with Gasteiger partial charge in [-0.15, -0.1) is 0 Å². The highest BCUT2D eigenvalue weighted by Gasteiger charge is 2.23. The van der Waals surface area contributed by atoms with E-state index >= 15 is 0 Å². The molecule has 2 aromatic rings. The van der Waals surface area contributed by atoms with E-state index in [1.165, 1.54) is 0 Å². The molecule has 2 aliphatic rings. The maximum Gasteiger partial charge on any atom is 0.246 e. The van der Waals surface area contributed by atoms with Crippen LogP contribution in [0.4, 0.5) is 11.8 Å². The van der Waals surface area contributed by atoms with E-state index in [0.717, 1.165) is 62.4 Å². The summed E-state index contributed by atoms with van der Waals surface area (Å²) in [6.07, 6.45) is 3.53. The van der Waals surface area contributed by atoms with Crippen molar-refractivity contribution in [2.75, 3.05) is 62.3 Å². The predicted octanol–water partition coefficient (Wildman–Crippen LogP) is 1.98. The Kier molecular flexibility index (Phi) is 6.05. The summed E-state index contributed by atoms with van der Waals surface area (Å²) in [4.78, 5) is 28.2. The summed E-state index contributed by atoms with van der Waals surface area (Å²) >= 11 is 0. The molecule has 0 bridgehead atoms. The van der Waals surface area contributed by atoms with Gasteiger partial charge in [0.05, 0.1) is 13.2 Å². The summed E-state index contributed by atoms with van der Waals surface area (Å²) in [6, 6.07) is 11.9. The van der Waals surface area contributed by atoms with Crippen LogP contribution >= 0.6 is 0 Å². The molecule has 0 aliphatic carbocycles. The number of hydrogen-bond donors (Lipinski definition) is 0. The van der Waals surface area contributed by atoms with Crippen molar-refractivity contribution in [1.82, 2.24) is 14.9 Å². The molecule has 0 spiro atoms. The van der Waals surface area contributed by atoms with Gasteiger partial charge in [-0.05, 0) is 18.6 Å². The lowest BCUT2D eigenvalue weighted by Crippen LogP contribution is -2.49. The van der Waals surface area contributed by atoms with E-state index in [9.17, 15) is 4.79 Å². The molecule has 1 aromatic carbocycles. The van der Waals surface area contributed by atoms with Crippen LogP contribution in [-0.2, 0) is 9.53 Å². The summed E-state index contributed by atoms with van der Waals surface area (Å²) in [6.45, 7) is 7.98. The van der Waals surface area contributed by atoms with Crippen LogP contribution in [0.3, 0.4) is 0 Å². The quantitative estimate of drug-likeness (QED) is 0.741. The average Bonchev–Trinajstić information content (AvgIpc) is 2.78. The maximum absolute atomic E-state index is 12.5. The SMILES string of the molecule is Cc1cc(N2CCOCC2)nc(N2CCN(C(=O)C=Cc3ccccc3)CC2)n1. The number of hydrogen-bond acceptors (Lipinski definition) is 6. The van der Waals surface area contributed by atoms with Crippen molar-refractivity contribution in [2.24, 2.45) is 0 Å². The fraction of sp³-hybridized carbons (Fsp3) is 0.409. The fourth-order valence-corrected chi connectivity index (χ4v) is 3.60. The van der Waals surface area contributed by atoms with Gasteiger partial charge < -0.3 is 19.4 Å². The number of piperazine rings is 1. The summed E-state index contributed by atoms with van der Waals surface area (Å²) in [7, 11) is 0. The zero-order valence-electron chi connectivity index (χ0n) is 16.8. The number of carbonyl (C=O) groups is 1. The number of nitrogens with zero attached hydrogens (tertiary/aromatic N) is 5. The Morgan fingerprint density at radius 1 is 0.966 bits per heavy atom. The van der Waals surface area contributed by atoms with Crippen LogP contribution in [0.15, 0.2) is 42.5 Å². The molecular formula is C22H27N5O2. The number of amides is 1. The third kappa shape index (κ3) is 4.92. The van der Waals surface area contributed by atoms with E-state index in [4.69, 9.17) is 9.72 Å². The first-order chi connectivity index (χ1) is 14.2. The number of ether oxygens (including phenoxy) is 1. The summed E-state index contributed by atoms with van der Waals surface area (Å²) in [5.41, 5.74) is 1.99. The lowest BCUT2D eigenvalue weighted by atomic mass is 10.2. The number of carbonyl (C=O) groups excluding carboxylic acids is 1. The Balaban J connectivity index is 1.37. The molecule has 1 aromatic heterocycles. The molecule has 29 heavy (non-hydrogen) atoms. The summed E-state index contributed by atoms with van der Waals surface area (Å²) in [5, 5.41) is 0. The van der Waals surface area contributed by atoms with Crippen LogP contribution in [0.1, 0.15) is 11.3 Å². The Morgan fingerprint density at radius 3 is 2.41 bits per heavy atom. The van der Waals surface area contributed by atoms with Crippen molar-refractivity contribution in [3.8, 4) is 0 Å². The second kappa shape index (κ2) is 9.05. The molecule has 2 fully saturated rings. The number of rotatable bonds is 4. The minimum absolute atomic E-state index is 0.0488. The van der Waals surface area contributed by atoms with E-state index < -0.39 is 0 Å². The minimum Gasteiger partial charge on any atom is -0.378 e. The highest BCUT2D eigenvalue weighted by Crippen LogP contribution is 2.19. The van der Waals surface area contributed by atoms with E-state index in [2.05, 4.69) is 14.8 Å². The van der Waals surface area contributed by atoms with E-state index in [0.29, 0.717) is 13.1 Å². The lowest BCUT2D eigenvalue weighted by Gasteiger charge is -2.35. The Morgan fingerprint density at radius 2 is 1.69 bits per heavy atom. The molecule has 7 nitrogen and oxygen atoms in total. The summed E-state index contributed by atoms with van der Waals surface area (Å²) in [5.74, 6) is 1.76. The minimum atomic E-state index is 0.0488. The lowest BCUT2D eigenvalue weighted by molar-refractivity contribution is -0.126. The van der Waals surface area contributed by atoms with Gasteiger partial charge in [0.25, 0.3) is 0 Å². The molecule has 3 heterocycles. The van der Waals surface area contributed by atoms with Crippen molar-refractivity contribution in [2.45, 2.75) is 6.92 Å². The molecule has 1 amide bonds. The maximum atomic E-state index is 12.5. The van der Waals surface area contributed by atoms with E-state index in [-0.39, 0.29) is 5.91 Å². The molecule has 7 heteroatoms. The van der Waals surface area contributed by atoms with Crippen LogP contribution in [0.25, 0.3) is 6.08 Å². The van der Waals surface area contributed by atoms with Gasteiger partial charge in [0, 0.05) is 57.1 Å². The second-order valence-corrected chi connectivity index (χ2v) is 7.32. The van der Waals surface area contributed by atoms with Crippen molar-refractivity contribution in [3.05, 3.63) is 53.7 Å². The molecule has 0 unspecified atom stereocenters.